The molecule has 0 spiro atoms. The Hall–Kier alpha value is -4.36. The van der Waals surface area contributed by atoms with E-state index in [0.29, 0.717) is 23.4 Å². The number of rotatable bonds is 10. The van der Waals surface area contributed by atoms with Crippen molar-refractivity contribution < 1.29 is 22.7 Å². The molecule has 1 N–H and O–H groups in total. The quantitative estimate of drug-likeness (QED) is 0.223. The van der Waals surface area contributed by atoms with E-state index in [0.717, 1.165) is 41.4 Å². The van der Waals surface area contributed by atoms with Crippen LogP contribution in [0.4, 0.5) is 5.69 Å². The fourth-order valence-electron chi connectivity index (χ4n) is 4.92. The van der Waals surface area contributed by atoms with Crippen molar-refractivity contribution in [3.05, 3.63) is 71.9 Å². The molecule has 1 aliphatic rings. The van der Waals surface area contributed by atoms with Crippen molar-refractivity contribution in [3.63, 3.8) is 0 Å². The summed E-state index contributed by atoms with van der Waals surface area (Å²) in [5.74, 6) is 0.155. The third-order valence-electron chi connectivity index (χ3n) is 6.91. The summed E-state index contributed by atoms with van der Waals surface area (Å²) in [4.78, 5) is 16.7. The third-order valence-corrected chi connectivity index (χ3v) is 8.41. The maximum Gasteiger partial charge on any atom is 0.343 e. The van der Waals surface area contributed by atoms with Gasteiger partial charge in [-0.3, -0.25) is 4.72 Å². The number of aromatic nitrogens is 2. The van der Waals surface area contributed by atoms with E-state index in [1.54, 1.807) is 43.5 Å². The molecule has 1 aliphatic carbocycles. The number of nitriles is 1. The van der Waals surface area contributed by atoms with E-state index in [1.807, 2.05) is 31.2 Å². The molecule has 206 valence electrons. The van der Waals surface area contributed by atoms with Gasteiger partial charge in [0, 0.05) is 29.4 Å². The SMILES string of the molecule is CCCS(=O)(=O)Nc1ccc(-c2c(C#N)c3ccc(Oc4ncccc4C(=O)OCC)cc3n2C2CCC2)cc1. The van der Waals surface area contributed by atoms with Crippen molar-refractivity contribution in [1.82, 2.24) is 9.55 Å². The zero-order valence-electron chi connectivity index (χ0n) is 22.4. The minimum Gasteiger partial charge on any atom is -0.462 e. The Morgan fingerprint density at radius 1 is 1.15 bits per heavy atom. The maximum atomic E-state index is 12.4. The summed E-state index contributed by atoms with van der Waals surface area (Å²) in [6.45, 7) is 3.79. The molecule has 40 heavy (non-hydrogen) atoms. The summed E-state index contributed by atoms with van der Waals surface area (Å²) in [5, 5.41) is 11.0. The van der Waals surface area contributed by atoms with Gasteiger partial charge >= 0.3 is 5.97 Å². The van der Waals surface area contributed by atoms with Crippen LogP contribution >= 0.6 is 0 Å². The first-order valence-corrected chi connectivity index (χ1v) is 15.0. The van der Waals surface area contributed by atoms with E-state index in [2.05, 4.69) is 20.3 Å². The normalized spacial score (nSPS) is 13.4. The molecular formula is C30H30N4O5S. The van der Waals surface area contributed by atoms with Crippen LogP contribution in [0.15, 0.2) is 60.8 Å². The lowest BCUT2D eigenvalue weighted by Gasteiger charge is -2.30. The van der Waals surface area contributed by atoms with Crippen molar-refractivity contribution in [2.75, 3.05) is 17.1 Å². The van der Waals surface area contributed by atoms with Gasteiger partial charge in [-0.2, -0.15) is 5.26 Å². The van der Waals surface area contributed by atoms with Gasteiger partial charge in [-0.05, 0) is 74.6 Å². The van der Waals surface area contributed by atoms with Crippen molar-refractivity contribution >= 4 is 32.6 Å². The summed E-state index contributed by atoms with van der Waals surface area (Å²) >= 11 is 0. The van der Waals surface area contributed by atoms with E-state index in [1.165, 1.54) is 0 Å². The molecular weight excluding hydrogens is 528 g/mol. The van der Waals surface area contributed by atoms with Gasteiger partial charge in [0.15, 0.2) is 0 Å². The molecule has 2 aromatic heterocycles. The lowest BCUT2D eigenvalue weighted by atomic mass is 9.92. The summed E-state index contributed by atoms with van der Waals surface area (Å²) < 4.78 is 40.4. The molecule has 4 aromatic rings. The van der Waals surface area contributed by atoms with Gasteiger partial charge in [0.2, 0.25) is 15.9 Å². The molecule has 2 heterocycles. The van der Waals surface area contributed by atoms with Crippen LogP contribution in [0.3, 0.4) is 0 Å². The Kier molecular flexibility index (Phi) is 7.76. The first kappa shape index (κ1) is 27.2. The number of esters is 1. The zero-order chi connectivity index (χ0) is 28.3. The summed E-state index contributed by atoms with van der Waals surface area (Å²) in [6, 6.07) is 18.5. The van der Waals surface area contributed by atoms with Crippen LogP contribution in [-0.4, -0.2) is 36.3 Å². The van der Waals surface area contributed by atoms with E-state index in [4.69, 9.17) is 9.47 Å². The molecule has 0 amide bonds. The van der Waals surface area contributed by atoms with E-state index in [9.17, 15) is 18.5 Å². The van der Waals surface area contributed by atoms with Gasteiger partial charge < -0.3 is 14.0 Å². The number of sulfonamides is 1. The molecule has 0 bridgehead atoms. The fourth-order valence-corrected chi connectivity index (χ4v) is 6.05. The highest BCUT2D eigenvalue weighted by Crippen LogP contribution is 2.43. The highest BCUT2D eigenvalue weighted by Gasteiger charge is 2.28. The third kappa shape index (κ3) is 5.38. The second-order valence-corrected chi connectivity index (χ2v) is 11.5. The largest absolute Gasteiger partial charge is 0.462 e. The van der Waals surface area contributed by atoms with Gasteiger partial charge in [0.1, 0.15) is 17.4 Å². The Labute approximate surface area is 233 Å². The van der Waals surface area contributed by atoms with Crippen LogP contribution in [0.5, 0.6) is 11.6 Å². The number of ether oxygens (including phenoxy) is 2. The average Bonchev–Trinajstić information content (AvgIpc) is 3.21. The molecule has 0 unspecified atom stereocenters. The maximum absolute atomic E-state index is 12.4. The van der Waals surface area contributed by atoms with E-state index < -0.39 is 16.0 Å². The Balaban J connectivity index is 1.57. The molecule has 1 fully saturated rings. The number of benzene rings is 2. The predicted octanol–water partition coefficient (Wildman–Crippen LogP) is 6.42. The average molecular weight is 559 g/mol. The molecule has 2 aromatic carbocycles. The van der Waals surface area contributed by atoms with Crippen molar-refractivity contribution in [2.24, 2.45) is 0 Å². The molecule has 0 aliphatic heterocycles. The smallest absolute Gasteiger partial charge is 0.343 e. The first-order chi connectivity index (χ1) is 19.3. The standard InChI is InChI=1S/C30H30N4O5S/c1-3-17-40(36,37)33-21-12-10-20(11-13-21)28-26(19-31)24-15-14-23(18-27(24)34(28)22-7-5-8-22)39-29-25(9-6-16-32-29)30(35)38-4-2/h6,9-16,18,22,33H,3-5,7-8,17H2,1-2H3. The molecule has 0 atom stereocenters. The lowest BCUT2D eigenvalue weighted by Crippen LogP contribution is -2.18. The van der Waals surface area contributed by atoms with Crippen LogP contribution in [0, 0.1) is 11.3 Å². The fraction of sp³-hybridized carbons (Fsp3) is 0.300. The minimum absolute atomic E-state index is 0.0490. The molecule has 1 saturated carbocycles. The topological polar surface area (TPSA) is 123 Å². The number of hydrogen-bond acceptors (Lipinski definition) is 7. The van der Waals surface area contributed by atoms with Crippen molar-refractivity contribution in [2.45, 2.75) is 45.6 Å². The van der Waals surface area contributed by atoms with Gasteiger partial charge in [-0.15, -0.1) is 0 Å². The number of fused-ring (bicyclic) bond motifs is 1. The molecule has 0 saturated heterocycles. The second-order valence-electron chi connectivity index (χ2n) is 9.65. The molecule has 10 heteroatoms. The second kappa shape index (κ2) is 11.4. The Morgan fingerprint density at radius 3 is 2.58 bits per heavy atom. The molecule has 5 rings (SSSR count). The van der Waals surface area contributed by atoms with E-state index in [-0.39, 0.29) is 29.8 Å². The van der Waals surface area contributed by atoms with Gasteiger partial charge in [0.05, 0.1) is 29.1 Å². The Morgan fingerprint density at radius 2 is 1.93 bits per heavy atom. The summed E-state index contributed by atoms with van der Waals surface area (Å²) in [6.07, 6.45) is 5.13. The summed E-state index contributed by atoms with van der Waals surface area (Å²) in [5.41, 5.74) is 3.69. The van der Waals surface area contributed by atoms with Crippen molar-refractivity contribution in [1.29, 1.82) is 5.26 Å². The molecule has 9 nitrogen and oxygen atoms in total. The number of pyridine rings is 1. The number of anilines is 1. The minimum atomic E-state index is -3.41. The van der Waals surface area contributed by atoms with Gasteiger partial charge in [0.25, 0.3) is 0 Å². The zero-order valence-corrected chi connectivity index (χ0v) is 23.2. The van der Waals surface area contributed by atoms with Crippen molar-refractivity contribution in [3.8, 4) is 29.0 Å². The number of carbonyl (C=O) groups is 1. The predicted molar refractivity (Wildman–Crippen MR) is 153 cm³/mol. The highest BCUT2D eigenvalue weighted by molar-refractivity contribution is 7.92. The van der Waals surface area contributed by atoms with Crippen LogP contribution < -0.4 is 9.46 Å². The Bertz CT molecular complexity index is 1700. The van der Waals surface area contributed by atoms with Crippen LogP contribution in [-0.2, 0) is 14.8 Å². The summed E-state index contributed by atoms with van der Waals surface area (Å²) in [7, 11) is -3.41. The number of nitrogens with zero attached hydrogens (tertiary/aromatic N) is 3. The lowest BCUT2D eigenvalue weighted by molar-refractivity contribution is 0.0522. The highest BCUT2D eigenvalue weighted by atomic mass is 32.2. The number of nitrogens with one attached hydrogen (secondary N) is 1. The first-order valence-electron chi connectivity index (χ1n) is 13.3. The van der Waals surface area contributed by atoms with Crippen LogP contribution in [0.1, 0.15) is 61.5 Å². The number of hydrogen-bond donors (Lipinski definition) is 1. The van der Waals surface area contributed by atoms with Crippen LogP contribution in [0.25, 0.3) is 22.2 Å². The monoisotopic (exact) mass is 558 g/mol. The van der Waals surface area contributed by atoms with E-state index >= 15 is 0 Å². The van der Waals surface area contributed by atoms with Crippen LogP contribution in [0.2, 0.25) is 0 Å². The van der Waals surface area contributed by atoms with Gasteiger partial charge in [-0.25, -0.2) is 18.2 Å². The van der Waals surface area contributed by atoms with Gasteiger partial charge in [-0.1, -0.05) is 19.1 Å². The molecule has 0 radical (unpaired) electrons. The number of carbonyl (C=O) groups excluding carboxylic acids is 1.